The van der Waals surface area contributed by atoms with Gasteiger partial charge in [-0.25, -0.2) is 0 Å². The molecule has 84 valence electrons. The molecular formula is C11H23NO2. The first-order chi connectivity index (χ1) is 6.63. The lowest BCUT2D eigenvalue weighted by atomic mass is 10.3. The van der Waals surface area contributed by atoms with Crippen LogP contribution in [0.2, 0.25) is 0 Å². The summed E-state index contributed by atoms with van der Waals surface area (Å²) >= 11 is 0. The third-order valence-electron chi connectivity index (χ3n) is 2.54. The Balaban J connectivity index is 2.13. The molecule has 0 heterocycles. The lowest BCUT2D eigenvalue weighted by Gasteiger charge is -2.23. The van der Waals surface area contributed by atoms with E-state index in [0.717, 1.165) is 19.1 Å². The number of aliphatic hydroxyl groups excluding tert-OH is 1. The molecule has 0 aliphatic heterocycles. The highest BCUT2D eigenvalue weighted by molar-refractivity contribution is 4.84. The standard InChI is InChI=1S/C11H23NO2/c1-4-12(10-5-6-10)7-11(13)8-14-9(2)3/h9-11,13H,4-8H2,1-3H3. The third kappa shape index (κ3) is 4.40. The van der Waals surface area contributed by atoms with E-state index in [1.165, 1.54) is 12.8 Å². The molecule has 1 unspecified atom stereocenters. The maximum atomic E-state index is 9.71. The van der Waals surface area contributed by atoms with Crippen molar-refractivity contribution in [1.29, 1.82) is 0 Å². The van der Waals surface area contributed by atoms with Gasteiger partial charge >= 0.3 is 0 Å². The summed E-state index contributed by atoms with van der Waals surface area (Å²) in [6.45, 7) is 8.38. The van der Waals surface area contributed by atoms with Crippen LogP contribution < -0.4 is 0 Å². The van der Waals surface area contributed by atoms with Crippen molar-refractivity contribution in [2.24, 2.45) is 0 Å². The zero-order chi connectivity index (χ0) is 10.6. The molecular weight excluding hydrogens is 178 g/mol. The molecule has 1 saturated carbocycles. The average molecular weight is 201 g/mol. The molecule has 0 spiro atoms. The first kappa shape index (κ1) is 12.0. The predicted octanol–water partition coefficient (Wildman–Crippen LogP) is 1.26. The van der Waals surface area contributed by atoms with Crippen molar-refractivity contribution in [2.75, 3.05) is 19.7 Å². The quantitative estimate of drug-likeness (QED) is 0.673. The van der Waals surface area contributed by atoms with Crippen LogP contribution in [-0.4, -0.2) is 48.0 Å². The first-order valence-corrected chi connectivity index (χ1v) is 5.67. The second-order valence-electron chi connectivity index (χ2n) is 4.35. The number of hydrogen-bond donors (Lipinski definition) is 1. The predicted molar refractivity (Wildman–Crippen MR) is 57.4 cm³/mol. The molecule has 0 aromatic heterocycles. The molecule has 0 aromatic carbocycles. The fourth-order valence-electron chi connectivity index (χ4n) is 1.60. The van der Waals surface area contributed by atoms with Gasteiger partial charge in [0.25, 0.3) is 0 Å². The van der Waals surface area contributed by atoms with E-state index in [4.69, 9.17) is 4.74 Å². The van der Waals surface area contributed by atoms with Crippen molar-refractivity contribution in [3.63, 3.8) is 0 Å². The summed E-state index contributed by atoms with van der Waals surface area (Å²) in [4.78, 5) is 2.34. The Hall–Kier alpha value is -0.120. The Morgan fingerprint density at radius 2 is 2.07 bits per heavy atom. The molecule has 0 aromatic rings. The topological polar surface area (TPSA) is 32.7 Å². The van der Waals surface area contributed by atoms with Gasteiger partial charge in [-0.15, -0.1) is 0 Å². The van der Waals surface area contributed by atoms with Crippen molar-refractivity contribution >= 4 is 0 Å². The molecule has 1 rings (SSSR count). The van der Waals surface area contributed by atoms with E-state index in [1.807, 2.05) is 13.8 Å². The second-order valence-corrected chi connectivity index (χ2v) is 4.35. The van der Waals surface area contributed by atoms with E-state index in [-0.39, 0.29) is 12.2 Å². The molecule has 1 N–H and O–H groups in total. The Bertz CT molecular complexity index is 157. The first-order valence-electron chi connectivity index (χ1n) is 5.67. The van der Waals surface area contributed by atoms with Crippen LogP contribution in [0.4, 0.5) is 0 Å². The summed E-state index contributed by atoms with van der Waals surface area (Å²) in [5.74, 6) is 0. The summed E-state index contributed by atoms with van der Waals surface area (Å²) < 4.78 is 5.37. The van der Waals surface area contributed by atoms with Gasteiger partial charge in [0.15, 0.2) is 0 Å². The summed E-state index contributed by atoms with van der Waals surface area (Å²) in [6, 6.07) is 0.730. The number of rotatable bonds is 7. The van der Waals surface area contributed by atoms with Gasteiger partial charge in [0.2, 0.25) is 0 Å². The minimum absolute atomic E-state index is 0.209. The Morgan fingerprint density at radius 1 is 1.43 bits per heavy atom. The van der Waals surface area contributed by atoms with Gasteiger partial charge in [0, 0.05) is 12.6 Å². The lowest BCUT2D eigenvalue weighted by Crippen LogP contribution is -2.36. The van der Waals surface area contributed by atoms with Crippen LogP contribution in [-0.2, 0) is 4.74 Å². The fraction of sp³-hybridized carbons (Fsp3) is 1.00. The maximum absolute atomic E-state index is 9.71. The summed E-state index contributed by atoms with van der Waals surface area (Å²) in [6.07, 6.45) is 2.47. The fourth-order valence-corrected chi connectivity index (χ4v) is 1.60. The number of nitrogens with zero attached hydrogens (tertiary/aromatic N) is 1. The van der Waals surface area contributed by atoms with Gasteiger partial charge in [-0.2, -0.15) is 0 Å². The molecule has 0 bridgehead atoms. The normalized spacial score (nSPS) is 19.3. The molecule has 0 radical (unpaired) electrons. The zero-order valence-corrected chi connectivity index (χ0v) is 9.57. The highest BCUT2D eigenvalue weighted by Gasteiger charge is 2.28. The van der Waals surface area contributed by atoms with Gasteiger partial charge in [0.1, 0.15) is 0 Å². The van der Waals surface area contributed by atoms with E-state index in [9.17, 15) is 5.11 Å². The van der Waals surface area contributed by atoms with E-state index >= 15 is 0 Å². The van der Waals surface area contributed by atoms with Crippen molar-refractivity contribution in [3.8, 4) is 0 Å². The highest BCUT2D eigenvalue weighted by Crippen LogP contribution is 2.26. The number of aliphatic hydroxyl groups is 1. The Morgan fingerprint density at radius 3 is 2.50 bits per heavy atom. The molecule has 1 aliphatic rings. The van der Waals surface area contributed by atoms with Crippen LogP contribution in [0.15, 0.2) is 0 Å². The third-order valence-corrected chi connectivity index (χ3v) is 2.54. The second kappa shape index (κ2) is 5.69. The van der Waals surface area contributed by atoms with Gasteiger partial charge in [0.05, 0.1) is 18.8 Å². The van der Waals surface area contributed by atoms with E-state index in [0.29, 0.717) is 6.61 Å². The van der Waals surface area contributed by atoms with Gasteiger partial charge < -0.3 is 9.84 Å². The van der Waals surface area contributed by atoms with E-state index < -0.39 is 0 Å². The summed E-state index contributed by atoms with van der Waals surface area (Å²) in [7, 11) is 0. The Kier molecular flexibility index (Phi) is 4.85. The minimum atomic E-state index is -0.335. The molecule has 3 nitrogen and oxygen atoms in total. The number of likely N-dealkylation sites (N-methyl/N-ethyl adjacent to an activating group) is 1. The SMILES string of the molecule is CCN(CC(O)COC(C)C)C1CC1. The minimum Gasteiger partial charge on any atom is -0.389 e. The van der Waals surface area contributed by atoms with Crippen LogP contribution in [0, 0.1) is 0 Å². The van der Waals surface area contributed by atoms with E-state index in [2.05, 4.69) is 11.8 Å². The van der Waals surface area contributed by atoms with Crippen molar-refractivity contribution in [1.82, 2.24) is 4.90 Å². The van der Waals surface area contributed by atoms with Crippen LogP contribution in [0.3, 0.4) is 0 Å². The monoisotopic (exact) mass is 201 g/mol. The number of hydrogen-bond acceptors (Lipinski definition) is 3. The molecule has 0 amide bonds. The van der Waals surface area contributed by atoms with Crippen molar-refractivity contribution in [3.05, 3.63) is 0 Å². The summed E-state index contributed by atoms with van der Waals surface area (Å²) in [5.41, 5.74) is 0. The smallest absolute Gasteiger partial charge is 0.0900 e. The van der Waals surface area contributed by atoms with Gasteiger partial charge in [-0.1, -0.05) is 6.92 Å². The largest absolute Gasteiger partial charge is 0.389 e. The highest BCUT2D eigenvalue weighted by atomic mass is 16.5. The van der Waals surface area contributed by atoms with Crippen LogP contribution in [0.25, 0.3) is 0 Å². The van der Waals surface area contributed by atoms with Crippen LogP contribution in [0.5, 0.6) is 0 Å². The van der Waals surface area contributed by atoms with Crippen molar-refractivity contribution < 1.29 is 9.84 Å². The van der Waals surface area contributed by atoms with Gasteiger partial charge in [-0.3, -0.25) is 4.90 Å². The molecule has 0 saturated heterocycles. The molecule has 3 heteroatoms. The molecule has 14 heavy (non-hydrogen) atoms. The lowest BCUT2D eigenvalue weighted by molar-refractivity contribution is -0.00888. The van der Waals surface area contributed by atoms with Gasteiger partial charge in [-0.05, 0) is 33.2 Å². The average Bonchev–Trinajstić information content (AvgIpc) is 2.94. The maximum Gasteiger partial charge on any atom is 0.0900 e. The molecule has 1 aliphatic carbocycles. The molecule has 1 fully saturated rings. The van der Waals surface area contributed by atoms with Crippen LogP contribution >= 0.6 is 0 Å². The number of ether oxygens (including phenoxy) is 1. The van der Waals surface area contributed by atoms with Crippen LogP contribution in [0.1, 0.15) is 33.6 Å². The van der Waals surface area contributed by atoms with Crippen molar-refractivity contribution in [2.45, 2.75) is 51.9 Å². The zero-order valence-electron chi connectivity index (χ0n) is 9.57. The molecule has 1 atom stereocenters. The van der Waals surface area contributed by atoms with E-state index in [1.54, 1.807) is 0 Å². The Labute approximate surface area is 87.1 Å². The summed E-state index contributed by atoms with van der Waals surface area (Å²) in [5, 5.41) is 9.71.